The molecule has 5 nitrogen and oxygen atoms in total. The SMILES string of the molecule is Cc1nnc(CC(=O)O)n1C1C2CC3CC(C2)CC1C3. The third-order valence-electron chi connectivity index (χ3n) is 5.72. The zero-order valence-electron chi connectivity index (χ0n) is 11.8. The van der Waals surface area contributed by atoms with Crippen molar-refractivity contribution < 1.29 is 9.90 Å². The molecule has 0 aliphatic heterocycles. The van der Waals surface area contributed by atoms with Crippen molar-refractivity contribution in [1.82, 2.24) is 14.8 Å². The van der Waals surface area contributed by atoms with Gasteiger partial charge in [-0.05, 0) is 62.7 Å². The molecular formula is C15H21N3O2. The van der Waals surface area contributed by atoms with E-state index in [9.17, 15) is 4.79 Å². The van der Waals surface area contributed by atoms with Gasteiger partial charge in [0.05, 0.1) is 0 Å². The zero-order valence-corrected chi connectivity index (χ0v) is 11.8. The minimum Gasteiger partial charge on any atom is -0.481 e. The van der Waals surface area contributed by atoms with Crippen LogP contribution < -0.4 is 0 Å². The van der Waals surface area contributed by atoms with Crippen molar-refractivity contribution in [2.45, 2.75) is 51.5 Å². The molecule has 0 unspecified atom stereocenters. The molecule has 4 aliphatic rings. The summed E-state index contributed by atoms with van der Waals surface area (Å²) in [6.45, 7) is 1.96. The van der Waals surface area contributed by atoms with E-state index in [4.69, 9.17) is 5.11 Å². The fourth-order valence-corrected chi connectivity index (χ4v) is 5.37. The lowest BCUT2D eigenvalue weighted by Gasteiger charge is -2.54. The highest BCUT2D eigenvalue weighted by Gasteiger charge is 2.49. The van der Waals surface area contributed by atoms with Gasteiger partial charge in [0.2, 0.25) is 0 Å². The fourth-order valence-electron chi connectivity index (χ4n) is 5.37. The van der Waals surface area contributed by atoms with Gasteiger partial charge < -0.3 is 9.67 Å². The molecule has 0 atom stereocenters. The normalized spacial score (nSPS) is 38.4. The van der Waals surface area contributed by atoms with Crippen LogP contribution in [0.4, 0.5) is 0 Å². The van der Waals surface area contributed by atoms with Gasteiger partial charge in [0.25, 0.3) is 0 Å². The van der Waals surface area contributed by atoms with Crippen LogP contribution >= 0.6 is 0 Å². The second-order valence-electron chi connectivity index (χ2n) is 7.03. The fraction of sp³-hybridized carbons (Fsp3) is 0.800. The van der Waals surface area contributed by atoms with Crippen molar-refractivity contribution in [2.24, 2.45) is 23.7 Å². The Balaban J connectivity index is 1.70. The smallest absolute Gasteiger partial charge is 0.311 e. The zero-order chi connectivity index (χ0) is 13.9. The summed E-state index contributed by atoms with van der Waals surface area (Å²) < 4.78 is 2.17. The van der Waals surface area contributed by atoms with E-state index < -0.39 is 5.97 Å². The van der Waals surface area contributed by atoms with E-state index in [1.165, 1.54) is 32.1 Å². The van der Waals surface area contributed by atoms with Gasteiger partial charge in [-0.1, -0.05) is 0 Å². The van der Waals surface area contributed by atoms with E-state index in [0.29, 0.717) is 23.7 Å². The molecular weight excluding hydrogens is 254 g/mol. The molecule has 20 heavy (non-hydrogen) atoms. The molecule has 0 saturated heterocycles. The first-order chi connectivity index (χ1) is 9.61. The van der Waals surface area contributed by atoms with Crippen LogP contribution in [0.15, 0.2) is 0 Å². The molecule has 4 fully saturated rings. The van der Waals surface area contributed by atoms with Crippen molar-refractivity contribution >= 4 is 5.97 Å². The van der Waals surface area contributed by atoms with Gasteiger partial charge in [0.1, 0.15) is 18.1 Å². The van der Waals surface area contributed by atoms with E-state index in [1.807, 2.05) is 6.92 Å². The number of carboxylic acid groups (broad SMARTS) is 1. The van der Waals surface area contributed by atoms with Crippen LogP contribution in [-0.2, 0) is 11.2 Å². The number of aliphatic carboxylic acids is 1. The molecule has 5 heteroatoms. The standard InChI is InChI=1S/C15H21N3O2/c1-8-16-17-13(7-14(19)20)18(8)15-11-3-9-2-10(5-11)6-12(15)4-9/h9-12,15H,2-7H2,1H3,(H,19,20). The van der Waals surface area contributed by atoms with Crippen LogP contribution in [-0.4, -0.2) is 25.8 Å². The largest absolute Gasteiger partial charge is 0.481 e. The molecule has 1 aromatic heterocycles. The first-order valence-corrected chi connectivity index (χ1v) is 7.74. The molecule has 4 bridgehead atoms. The first-order valence-electron chi connectivity index (χ1n) is 7.74. The van der Waals surface area contributed by atoms with Crippen molar-refractivity contribution in [3.05, 3.63) is 11.6 Å². The summed E-state index contributed by atoms with van der Waals surface area (Å²) in [6, 6.07) is 0.451. The van der Waals surface area contributed by atoms with Crippen molar-refractivity contribution in [1.29, 1.82) is 0 Å². The molecule has 0 amide bonds. The third kappa shape index (κ3) is 1.79. The predicted octanol–water partition coefficient (Wildman–Crippen LogP) is 2.21. The minimum absolute atomic E-state index is 0.0103. The molecule has 1 heterocycles. The van der Waals surface area contributed by atoms with E-state index in [1.54, 1.807) is 0 Å². The highest BCUT2D eigenvalue weighted by atomic mass is 16.4. The maximum Gasteiger partial charge on any atom is 0.311 e. The Morgan fingerprint density at radius 1 is 1.15 bits per heavy atom. The van der Waals surface area contributed by atoms with Crippen LogP contribution in [0.25, 0.3) is 0 Å². The molecule has 0 radical (unpaired) electrons. The minimum atomic E-state index is -0.817. The lowest BCUT2D eigenvalue weighted by atomic mass is 9.54. The molecule has 1 aromatic rings. The van der Waals surface area contributed by atoms with Gasteiger partial charge in [0, 0.05) is 6.04 Å². The Labute approximate surface area is 118 Å². The van der Waals surface area contributed by atoms with Crippen LogP contribution in [0.2, 0.25) is 0 Å². The number of aromatic nitrogens is 3. The highest BCUT2D eigenvalue weighted by Crippen LogP contribution is 2.58. The molecule has 4 saturated carbocycles. The van der Waals surface area contributed by atoms with Crippen LogP contribution in [0.5, 0.6) is 0 Å². The summed E-state index contributed by atoms with van der Waals surface area (Å²) in [6.07, 6.45) is 6.71. The maximum atomic E-state index is 11.0. The molecule has 1 N–H and O–H groups in total. The topological polar surface area (TPSA) is 68.0 Å². The Hall–Kier alpha value is -1.39. The number of nitrogens with zero attached hydrogens (tertiary/aromatic N) is 3. The summed E-state index contributed by atoms with van der Waals surface area (Å²) in [5, 5.41) is 17.3. The summed E-state index contributed by atoms with van der Waals surface area (Å²) in [5.41, 5.74) is 0. The number of carboxylic acids is 1. The van der Waals surface area contributed by atoms with E-state index >= 15 is 0 Å². The second kappa shape index (κ2) is 4.30. The second-order valence-corrected chi connectivity index (χ2v) is 7.03. The summed E-state index contributed by atoms with van der Waals surface area (Å²) in [7, 11) is 0. The first kappa shape index (κ1) is 12.4. The average Bonchev–Trinajstić information content (AvgIpc) is 2.69. The Kier molecular flexibility index (Phi) is 2.66. The monoisotopic (exact) mass is 275 g/mol. The van der Waals surface area contributed by atoms with Crippen molar-refractivity contribution in [3.8, 4) is 0 Å². The lowest BCUT2D eigenvalue weighted by molar-refractivity contribution is -0.136. The third-order valence-corrected chi connectivity index (χ3v) is 5.72. The summed E-state index contributed by atoms with van der Waals surface area (Å²) in [5.74, 6) is 4.00. The van der Waals surface area contributed by atoms with Crippen LogP contribution in [0, 0.1) is 30.6 Å². The highest BCUT2D eigenvalue weighted by molar-refractivity contribution is 5.69. The van der Waals surface area contributed by atoms with Gasteiger partial charge in [0.15, 0.2) is 0 Å². The number of hydrogen-bond acceptors (Lipinski definition) is 3. The number of rotatable bonds is 3. The number of aryl methyl sites for hydroxylation is 1. The average molecular weight is 275 g/mol. The number of carbonyl (C=O) groups is 1. The Morgan fingerprint density at radius 2 is 1.75 bits per heavy atom. The summed E-state index contributed by atoms with van der Waals surface area (Å²) >= 11 is 0. The van der Waals surface area contributed by atoms with Crippen molar-refractivity contribution in [2.75, 3.05) is 0 Å². The Bertz CT molecular complexity index is 523. The van der Waals surface area contributed by atoms with E-state index in [-0.39, 0.29) is 6.42 Å². The van der Waals surface area contributed by atoms with Gasteiger partial charge in [-0.2, -0.15) is 0 Å². The van der Waals surface area contributed by atoms with Crippen LogP contribution in [0.1, 0.15) is 49.8 Å². The quantitative estimate of drug-likeness (QED) is 0.918. The van der Waals surface area contributed by atoms with Crippen LogP contribution in [0.3, 0.4) is 0 Å². The molecule has 0 spiro atoms. The van der Waals surface area contributed by atoms with Gasteiger partial charge in [-0.15, -0.1) is 10.2 Å². The predicted molar refractivity (Wildman–Crippen MR) is 72.2 cm³/mol. The van der Waals surface area contributed by atoms with Crippen molar-refractivity contribution in [3.63, 3.8) is 0 Å². The molecule has 108 valence electrons. The van der Waals surface area contributed by atoms with Gasteiger partial charge in [-0.3, -0.25) is 4.79 Å². The summed E-state index contributed by atoms with van der Waals surface area (Å²) in [4.78, 5) is 11.0. The molecule has 0 aromatic carbocycles. The lowest BCUT2D eigenvalue weighted by Crippen LogP contribution is -2.46. The number of hydrogen-bond donors (Lipinski definition) is 1. The maximum absolute atomic E-state index is 11.0. The van der Waals surface area contributed by atoms with E-state index in [0.717, 1.165) is 17.7 Å². The molecule has 4 aliphatic carbocycles. The van der Waals surface area contributed by atoms with Gasteiger partial charge >= 0.3 is 5.97 Å². The molecule has 5 rings (SSSR count). The Morgan fingerprint density at radius 3 is 2.30 bits per heavy atom. The van der Waals surface area contributed by atoms with E-state index in [2.05, 4.69) is 14.8 Å². The van der Waals surface area contributed by atoms with Gasteiger partial charge in [-0.25, -0.2) is 0 Å².